The third-order valence-electron chi connectivity index (χ3n) is 5.21. The number of rotatable bonds is 4. The lowest BCUT2D eigenvalue weighted by Crippen LogP contribution is -2.26. The normalized spacial score (nSPS) is 16.0. The maximum atomic E-state index is 9.12. The van der Waals surface area contributed by atoms with Crippen LogP contribution in [0.4, 0.5) is 5.95 Å². The van der Waals surface area contributed by atoms with Crippen molar-refractivity contribution in [2.45, 2.75) is 18.9 Å². The Kier molecular flexibility index (Phi) is 4.40. The average molecular weight is 398 g/mol. The number of anilines is 1. The molecule has 0 saturated carbocycles. The van der Waals surface area contributed by atoms with Crippen LogP contribution in [0.1, 0.15) is 30.3 Å². The van der Waals surface area contributed by atoms with E-state index in [1.54, 1.807) is 30.6 Å². The molecule has 0 N–H and O–H groups in total. The first-order valence-electron chi connectivity index (χ1n) is 9.61. The van der Waals surface area contributed by atoms with E-state index in [9.17, 15) is 0 Å². The van der Waals surface area contributed by atoms with E-state index in [0.717, 1.165) is 36.7 Å². The molecule has 148 valence electrons. The summed E-state index contributed by atoms with van der Waals surface area (Å²) in [5, 5.41) is 31.0. The van der Waals surface area contributed by atoms with Gasteiger partial charge in [-0.25, -0.2) is 0 Å². The van der Waals surface area contributed by atoms with Crippen molar-refractivity contribution >= 4 is 5.95 Å². The van der Waals surface area contributed by atoms with Gasteiger partial charge < -0.3 is 4.90 Å². The van der Waals surface area contributed by atoms with E-state index in [-0.39, 0.29) is 6.04 Å². The Balaban J connectivity index is 1.45. The van der Waals surface area contributed by atoms with Crippen LogP contribution in [0.15, 0.2) is 48.8 Å². The summed E-state index contributed by atoms with van der Waals surface area (Å²) in [6, 6.07) is 13.1. The lowest BCUT2D eigenvalue weighted by atomic mass is 10.2. The number of aromatic nitrogens is 8. The molecule has 0 spiro atoms. The van der Waals surface area contributed by atoms with Crippen molar-refractivity contribution in [1.82, 2.24) is 40.0 Å². The lowest BCUT2D eigenvalue weighted by molar-refractivity contribution is 0.639. The summed E-state index contributed by atoms with van der Waals surface area (Å²) < 4.78 is 1.97. The van der Waals surface area contributed by atoms with Gasteiger partial charge in [0.05, 0.1) is 23.4 Å². The van der Waals surface area contributed by atoms with Crippen LogP contribution in [-0.4, -0.2) is 46.5 Å². The first kappa shape index (κ1) is 17.9. The number of nitriles is 1. The van der Waals surface area contributed by atoms with Crippen LogP contribution >= 0.6 is 0 Å². The van der Waals surface area contributed by atoms with Gasteiger partial charge in [-0.15, -0.1) is 25.2 Å². The largest absolute Gasteiger partial charge is 0.330 e. The van der Waals surface area contributed by atoms with Crippen molar-refractivity contribution < 1.29 is 0 Å². The zero-order valence-electron chi connectivity index (χ0n) is 16.3. The quantitative estimate of drug-likeness (QED) is 0.513. The van der Waals surface area contributed by atoms with Gasteiger partial charge >= 0.3 is 0 Å². The van der Waals surface area contributed by atoms with Gasteiger partial charge in [-0.1, -0.05) is 6.07 Å². The van der Waals surface area contributed by atoms with E-state index in [1.807, 2.05) is 29.8 Å². The van der Waals surface area contributed by atoms with Crippen LogP contribution < -0.4 is 4.90 Å². The summed E-state index contributed by atoms with van der Waals surface area (Å²) in [4.78, 5) is 7.80. The van der Waals surface area contributed by atoms with E-state index in [1.165, 1.54) is 4.80 Å². The van der Waals surface area contributed by atoms with Gasteiger partial charge in [0.1, 0.15) is 0 Å². The number of benzene rings is 1. The Morgan fingerprint density at radius 3 is 2.90 bits per heavy atom. The molecular formula is C20H18N10. The molecule has 0 amide bonds. The Bertz CT molecular complexity index is 1220. The molecule has 1 atom stereocenters. The molecule has 0 radical (unpaired) electrons. The summed E-state index contributed by atoms with van der Waals surface area (Å²) in [5.41, 5.74) is 2.17. The SMILES string of the molecule is Cn1c(-c2cccnc2)nnc1N1CCCC1c1nnn(-c2cccc(C#N)c2)n1. The van der Waals surface area contributed by atoms with Crippen molar-refractivity contribution in [1.29, 1.82) is 5.26 Å². The van der Waals surface area contributed by atoms with Crippen LogP contribution in [0.25, 0.3) is 17.1 Å². The van der Waals surface area contributed by atoms with Crippen molar-refractivity contribution in [3.05, 3.63) is 60.2 Å². The van der Waals surface area contributed by atoms with Crippen molar-refractivity contribution in [3.8, 4) is 23.1 Å². The Morgan fingerprint density at radius 1 is 1.13 bits per heavy atom. The number of pyridine rings is 1. The van der Waals surface area contributed by atoms with Crippen LogP contribution in [-0.2, 0) is 7.05 Å². The molecule has 1 aliphatic rings. The zero-order valence-corrected chi connectivity index (χ0v) is 16.3. The summed E-state index contributed by atoms with van der Waals surface area (Å²) in [6.07, 6.45) is 5.41. The minimum absolute atomic E-state index is 0.0393. The van der Waals surface area contributed by atoms with Crippen LogP contribution in [0.5, 0.6) is 0 Å². The standard InChI is InChI=1S/C20H18N10/c1-28-19(15-6-3-9-22-13-15)24-25-20(28)29-10-4-8-17(29)18-23-27-30(26-18)16-7-2-5-14(11-16)12-21/h2-3,5-7,9,11,13,17H,4,8,10H2,1H3. The molecule has 0 bridgehead atoms. The predicted octanol–water partition coefficient (Wildman–Crippen LogP) is 2.07. The van der Waals surface area contributed by atoms with Crippen molar-refractivity contribution in [3.63, 3.8) is 0 Å². The molecule has 1 unspecified atom stereocenters. The van der Waals surface area contributed by atoms with Crippen molar-refractivity contribution in [2.75, 3.05) is 11.4 Å². The molecule has 1 fully saturated rings. The summed E-state index contributed by atoms with van der Waals surface area (Å²) in [7, 11) is 1.95. The highest BCUT2D eigenvalue weighted by Gasteiger charge is 2.33. The van der Waals surface area contributed by atoms with Gasteiger partial charge in [0.25, 0.3) is 0 Å². The summed E-state index contributed by atoms with van der Waals surface area (Å²) in [6.45, 7) is 0.835. The number of hydrogen-bond acceptors (Lipinski definition) is 8. The van der Waals surface area contributed by atoms with Gasteiger partial charge in [0.2, 0.25) is 5.95 Å². The molecule has 10 heteroatoms. The molecule has 30 heavy (non-hydrogen) atoms. The fraction of sp³-hybridized carbons (Fsp3) is 0.250. The van der Waals surface area contributed by atoms with E-state index in [2.05, 4.69) is 41.6 Å². The third kappa shape index (κ3) is 3.06. The van der Waals surface area contributed by atoms with Gasteiger partial charge in [-0.2, -0.15) is 5.26 Å². The highest BCUT2D eigenvalue weighted by atomic mass is 15.6. The van der Waals surface area contributed by atoms with E-state index in [0.29, 0.717) is 17.1 Å². The first-order chi connectivity index (χ1) is 14.7. The number of hydrogen-bond donors (Lipinski definition) is 0. The zero-order chi connectivity index (χ0) is 20.5. The molecule has 10 nitrogen and oxygen atoms in total. The van der Waals surface area contributed by atoms with Crippen LogP contribution in [0.3, 0.4) is 0 Å². The highest BCUT2D eigenvalue weighted by Crippen LogP contribution is 2.34. The second-order valence-electron chi connectivity index (χ2n) is 7.07. The number of tetrazole rings is 1. The third-order valence-corrected chi connectivity index (χ3v) is 5.21. The minimum Gasteiger partial charge on any atom is -0.330 e. The number of nitrogens with zero attached hydrogens (tertiary/aromatic N) is 10. The second-order valence-corrected chi connectivity index (χ2v) is 7.07. The topological polar surface area (TPSA) is 114 Å². The summed E-state index contributed by atoms with van der Waals surface area (Å²) >= 11 is 0. The Morgan fingerprint density at radius 2 is 2.07 bits per heavy atom. The summed E-state index contributed by atoms with van der Waals surface area (Å²) in [5.74, 6) is 2.15. The van der Waals surface area contributed by atoms with Gasteiger partial charge in [0.15, 0.2) is 11.6 Å². The first-order valence-corrected chi connectivity index (χ1v) is 9.61. The van der Waals surface area contributed by atoms with Gasteiger partial charge in [-0.3, -0.25) is 9.55 Å². The average Bonchev–Trinajstić information content (AvgIpc) is 3.53. The van der Waals surface area contributed by atoms with E-state index in [4.69, 9.17) is 5.26 Å². The smallest absolute Gasteiger partial charge is 0.227 e. The molecule has 1 saturated heterocycles. The van der Waals surface area contributed by atoms with E-state index < -0.39 is 0 Å². The lowest BCUT2D eigenvalue weighted by Gasteiger charge is -2.22. The molecule has 0 aliphatic carbocycles. The fourth-order valence-corrected chi connectivity index (χ4v) is 3.76. The Hall–Kier alpha value is -4.13. The monoisotopic (exact) mass is 398 g/mol. The van der Waals surface area contributed by atoms with Gasteiger partial charge in [-0.05, 0) is 48.4 Å². The molecule has 1 aliphatic heterocycles. The molecular weight excluding hydrogens is 380 g/mol. The van der Waals surface area contributed by atoms with Crippen LogP contribution in [0, 0.1) is 11.3 Å². The maximum absolute atomic E-state index is 9.12. The fourth-order valence-electron chi connectivity index (χ4n) is 3.76. The second kappa shape index (κ2) is 7.36. The molecule has 5 rings (SSSR count). The van der Waals surface area contributed by atoms with E-state index >= 15 is 0 Å². The van der Waals surface area contributed by atoms with Crippen molar-refractivity contribution in [2.24, 2.45) is 7.05 Å². The predicted molar refractivity (Wildman–Crippen MR) is 107 cm³/mol. The maximum Gasteiger partial charge on any atom is 0.227 e. The Labute approximate surface area is 172 Å². The minimum atomic E-state index is -0.0393. The van der Waals surface area contributed by atoms with Gasteiger partial charge in [0, 0.05) is 31.5 Å². The molecule has 4 heterocycles. The molecule has 3 aromatic heterocycles. The van der Waals surface area contributed by atoms with Crippen LogP contribution in [0.2, 0.25) is 0 Å². The molecule has 4 aromatic rings. The molecule has 1 aromatic carbocycles. The highest BCUT2D eigenvalue weighted by molar-refractivity contribution is 5.56.